The minimum atomic E-state index is 0. The fourth-order valence-electron chi connectivity index (χ4n) is 1.64. The van der Waals surface area contributed by atoms with Crippen molar-refractivity contribution in [2.24, 2.45) is 23.5 Å². The Hall–Kier alpha value is -1.04. The van der Waals surface area contributed by atoms with E-state index in [9.17, 15) is 0 Å². The van der Waals surface area contributed by atoms with Crippen molar-refractivity contribution < 1.29 is 0 Å². The lowest BCUT2D eigenvalue weighted by atomic mass is 10.1. The van der Waals surface area contributed by atoms with Crippen LogP contribution in [-0.4, -0.2) is 22.3 Å². The van der Waals surface area contributed by atoms with Crippen molar-refractivity contribution in [1.82, 2.24) is 9.78 Å². The van der Waals surface area contributed by atoms with Gasteiger partial charge in [0.05, 0.1) is 5.69 Å². The van der Waals surface area contributed by atoms with Gasteiger partial charge in [0.1, 0.15) is 0 Å². The van der Waals surface area contributed by atoms with E-state index in [1.54, 1.807) is 0 Å². The van der Waals surface area contributed by atoms with E-state index in [0.29, 0.717) is 6.54 Å². The van der Waals surface area contributed by atoms with Crippen molar-refractivity contribution in [3.63, 3.8) is 0 Å². The van der Waals surface area contributed by atoms with Crippen molar-refractivity contribution in [1.29, 1.82) is 0 Å². The average molecular weight is 290 g/mol. The van der Waals surface area contributed by atoms with E-state index in [1.165, 1.54) is 11.3 Å². The van der Waals surface area contributed by atoms with E-state index in [0.717, 1.165) is 18.5 Å². The predicted molar refractivity (Wildman–Crippen MR) is 72.0 cm³/mol. The van der Waals surface area contributed by atoms with E-state index in [-0.39, 0.29) is 22.9 Å². The summed E-state index contributed by atoms with van der Waals surface area (Å²) in [5, 5.41) is 4.36. The molecule has 4 N–H and O–H groups in total. The molecule has 92 valence electrons. The van der Waals surface area contributed by atoms with Crippen LogP contribution in [0.5, 0.6) is 0 Å². The van der Waals surface area contributed by atoms with Crippen molar-refractivity contribution in [3.8, 4) is 0 Å². The number of halogens is 1. The van der Waals surface area contributed by atoms with E-state index in [2.05, 4.69) is 17.0 Å². The predicted octanol–water partition coefficient (Wildman–Crippen LogP) is 0.821. The lowest BCUT2D eigenvalue weighted by Crippen LogP contribution is -2.23. The van der Waals surface area contributed by atoms with Gasteiger partial charge in [-0.1, -0.05) is 0 Å². The number of rotatable bonds is 4. The average Bonchev–Trinajstić information content (AvgIpc) is 2.37. The Morgan fingerprint density at radius 1 is 1.38 bits per heavy atom. The first-order valence-corrected chi connectivity index (χ1v) is 5.07. The van der Waals surface area contributed by atoms with Crippen LogP contribution in [0.25, 0.3) is 0 Å². The maximum atomic E-state index is 5.25. The van der Waals surface area contributed by atoms with Crippen molar-refractivity contribution in [2.75, 3.05) is 6.54 Å². The molecule has 0 atom stereocenters. The second-order valence-electron chi connectivity index (χ2n) is 3.68. The molecular weight excluding hydrogens is 270 g/mol. The monoisotopic (exact) mass is 289 g/mol. The maximum Gasteiger partial charge on any atom is 0.185 e. The number of aromatic nitrogens is 2. The van der Waals surface area contributed by atoms with Crippen LogP contribution in [0.2, 0.25) is 0 Å². The molecule has 6 heteroatoms. The van der Waals surface area contributed by atoms with Gasteiger partial charge in [-0.15, -0.1) is 17.0 Å². The van der Waals surface area contributed by atoms with Gasteiger partial charge in [0.25, 0.3) is 0 Å². The Morgan fingerprint density at radius 2 is 2.00 bits per heavy atom. The molecule has 0 aliphatic carbocycles. The number of nitrogens with zero attached hydrogens (tertiary/aromatic N) is 3. The molecule has 0 saturated heterocycles. The first-order valence-electron chi connectivity index (χ1n) is 5.07. The Balaban J connectivity index is 0.00000225. The lowest BCUT2D eigenvalue weighted by Gasteiger charge is -2.00. The van der Waals surface area contributed by atoms with Crippen LogP contribution in [-0.2, 0) is 13.5 Å². The van der Waals surface area contributed by atoms with Gasteiger partial charge in [-0.2, -0.15) is 5.10 Å². The third-order valence-corrected chi connectivity index (χ3v) is 2.54. The molecule has 0 fully saturated rings. The van der Waals surface area contributed by atoms with Gasteiger partial charge in [0, 0.05) is 19.3 Å². The molecule has 0 radical (unpaired) electrons. The van der Waals surface area contributed by atoms with Gasteiger partial charge >= 0.3 is 0 Å². The standard InChI is InChI=1S/C10H19N5.BrH/c1-7-9(8(2)15(3)14-7)5-4-6-13-10(11)12;/h4-6H2,1-3H3,(H4,11,12,13);1H. The lowest BCUT2D eigenvalue weighted by molar-refractivity contribution is 0.728. The fourth-order valence-corrected chi connectivity index (χ4v) is 1.64. The molecule has 5 nitrogen and oxygen atoms in total. The van der Waals surface area contributed by atoms with Crippen LogP contribution < -0.4 is 11.5 Å². The summed E-state index contributed by atoms with van der Waals surface area (Å²) in [6, 6.07) is 0. The highest BCUT2D eigenvalue weighted by molar-refractivity contribution is 8.93. The minimum Gasteiger partial charge on any atom is -0.370 e. The summed E-state index contributed by atoms with van der Waals surface area (Å²) in [5.41, 5.74) is 14.1. The molecule has 0 aromatic carbocycles. The van der Waals surface area contributed by atoms with Crippen LogP contribution in [0.4, 0.5) is 0 Å². The third-order valence-electron chi connectivity index (χ3n) is 2.54. The molecule has 1 aromatic rings. The topological polar surface area (TPSA) is 82.2 Å². The molecule has 0 spiro atoms. The molecular formula is C10H20BrN5. The second-order valence-corrected chi connectivity index (χ2v) is 3.68. The van der Waals surface area contributed by atoms with Gasteiger partial charge in [0.2, 0.25) is 0 Å². The van der Waals surface area contributed by atoms with E-state index < -0.39 is 0 Å². The van der Waals surface area contributed by atoms with Gasteiger partial charge in [-0.3, -0.25) is 9.67 Å². The number of hydrogen-bond acceptors (Lipinski definition) is 2. The smallest absolute Gasteiger partial charge is 0.185 e. The van der Waals surface area contributed by atoms with E-state index in [4.69, 9.17) is 11.5 Å². The summed E-state index contributed by atoms with van der Waals surface area (Å²) >= 11 is 0. The van der Waals surface area contributed by atoms with Crippen LogP contribution in [0.1, 0.15) is 23.4 Å². The van der Waals surface area contributed by atoms with Crippen LogP contribution in [0.15, 0.2) is 4.99 Å². The van der Waals surface area contributed by atoms with Gasteiger partial charge in [-0.05, 0) is 32.3 Å². The zero-order chi connectivity index (χ0) is 11.4. The molecule has 0 amide bonds. The summed E-state index contributed by atoms with van der Waals surface area (Å²) in [4.78, 5) is 3.95. The summed E-state index contributed by atoms with van der Waals surface area (Å²) in [6.45, 7) is 4.79. The summed E-state index contributed by atoms with van der Waals surface area (Å²) in [6.07, 6.45) is 1.92. The molecule has 16 heavy (non-hydrogen) atoms. The molecule has 0 saturated carbocycles. The molecule has 1 heterocycles. The van der Waals surface area contributed by atoms with E-state index >= 15 is 0 Å². The van der Waals surface area contributed by atoms with Gasteiger partial charge in [0.15, 0.2) is 5.96 Å². The minimum absolute atomic E-state index is 0. The third kappa shape index (κ3) is 3.84. The quantitative estimate of drug-likeness (QED) is 0.489. The Bertz CT molecular complexity index is 366. The highest BCUT2D eigenvalue weighted by Gasteiger charge is 2.07. The van der Waals surface area contributed by atoms with Gasteiger partial charge in [-0.25, -0.2) is 0 Å². The first-order chi connectivity index (χ1) is 7.02. The fraction of sp³-hybridized carbons (Fsp3) is 0.600. The van der Waals surface area contributed by atoms with E-state index in [1.807, 2.05) is 18.7 Å². The summed E-state index contributed by atoms with van der Waals surface area (Å²) < 4.78 is 1.91. The number of guanidine groups is 1. The molecule has 1 rings (SSSR count). The molecule has 1 aromatic heterocycles. The van der Waals surface area contributed by atoms with Crippen LogP contribution in [0.3, 0.4) is 0 Å². The highest BCUT2D eigenvalue weighted by Crippen LogP contribution is 2.13. The second kappa shape index (κ2) is 6.52. The molecule has 0 unspecified atom stereocenters. The van der Waals surface area contributed by atoms with Crippen LogP contribution in [0, 0.1) is 13.8 Å². The molecule has 0 aliphatic rings. The SMILES string of the molecule is Br.Cc1nn(C)c(C)c1CCCN=C(N)N. The van der Waals surface area contributed by atoms with Crippen molar-refractivity contribution >= 4 is 22.9 Å². The van der Waals surface area contributed by atoms with Crippen molar-refractivity contribution in [2.45, 2.75) is 26.7 Å². The molecule has 0 bridgehead atoms. The highest BCUT2D eigenvalue weighted by atomic mass is 79.9. The maximum absolute atomic E-state index is 5.25. The zero-order valence-electron chi connectivity index (χ0n) is 10.0. The van der Waals surface area contributed by atoms with Crippen LogP contribution >= 0.6 is 17.0 Å². The Morgan fingerprint density at radius 3 is 2.44 bits per heavy atom. The number of aliphatic imine (C=N–C) groups is 1. The first kappa shape index (κ1) is 15.0. The summed E-state index contributed by atoms with van der Waals surface area (Å²) in [5.74, 6) is 0.162. The van der Waals surface area contributed by atoms with Gasteiger partial charge < -0.3 is 11.5 Å². The normalized spacial score (nSPS) is 9.69. The van der Waals surface area contributed by atoms with Crippen molar-refractivity contribution in [3.05, 3.63) is 17.0 Å². The summed E-state index contributed by atoms with van der Waals surface area (Å²) in [7, 11) is 1.96. The Labute approximate surface area is 107 Å². The molecule has 0 aliphatic heterocycles. The largest absolute Gasteiger partial charge is 0.370 e. The number of aryl methyl sites for hydroxylation is 2. The number of nitrogens with two attached hydrogens (primary N) is 2. The number of hydrogen-bond donors (Lipinski definition) is 2. The zero-order valence-corrected chi connectivity index (χ0v) is 11.7. The Kier molecular flexibility index (Phi) is 6.10.